The number of nitrogens with zero attached hydrogens (tertiary/aromatic N) is 1. The second kappa shape index (κ2) is 5.34. The maximum Gasteiger partial charge on any atom is 0.262 e. The number of benzene rings is 2. The van der Waals surface area contributed by atoms with E-state index in [4.69, 9.17) is 9.47 Å². The SMILES string of the molecule is O=C(c1cccc(F)c1)n1c2c(c3cc4c(cc31)OCO4)CCCC2. The molecule has 5 rings (SSSR count). The number of hydrogen-bond acceptors (Lipinski definition) is 3. The summed E-state index contributed by atoms with van der Waals surface area (Å²) in [6, 6.07) is 9.69. The fourth-order valence-electron chi connectivity index (χ4n) is 3.91. The summed E-state index contributed by atoms with van der Waals surface area (Å²) in [6.07, 6.45) is 3.94. The average Bonchev–Trinajstić information content (AvgIpc) is 3.21. The highest BCUT2D eigenvalue weighted by molar-refractivity contribution is 6.05. The zero-order valence-electron chi connectivity index (χ0n) is 13.5. The molecule has 126 valence electrons. The summed E-state index contributed by atoms with van der Waals surface area (Å²) in [7, 11) is 0. The summed E-state index contributed by atoms with van der Waals surface area (Å²) < 4.78 is 26.3. The molecule has 0 amide bonds. The average molecular weight is 337 g/mol. The number of fused-ring (bicyclic) bond motifs is 4. The van der Waals surface area contributed by atoms with E-state index in [9.17, 15) is 9.18 Å². The smallest absolute Gasteiger partial charge is 0.262 e. The normalized spacial score (nSPS) is 15.4. The van der Waals surface area contributed by atoms with E-state index in [2.05, 4.69) is 0 Å². The summed E-state index contributed by atoms with van der Waals surface area (Å²) in [5.41, 5.74) is 3.39. The number of halogens is 1. The van der Waals surface area contributed by atoms with Crippen LogP contribution in [0, 0.1) is 5.82 Å². The van der Waals surface area contributed by atoms with E-state index in [1.54, 1.807) is 16.7 Å². The molecule has 5 heteroatoms. The zero-order valence-corrected chi connectivity index (χ0v) is 13.5. The molecule has 4 nitrogen and oxygen atoms in total. The van der Waals surface area contributed by atoms with Crippen LogP contribution in [0.2, 0.25) is 0 Å². The van der Waals surface area contributed by atoms with Gasteiger partial charge in [-0.15, -0.1) is 0 Å². The van der Waals surface area contributed by atoms with Crippen molar-refractivity contribution in [3.05, 3.63) is 59.0 Å². The molecule has 25 heavy (non-hydrogen) atoms. The van der Waals surface area contributed by atoms with Crippen LogP contribution in [0.25, 0.3) is 10.9 Å². The van der Waals surface area contributed by atoms with Crippen molar-refractivity contribution in [1.29, 1.82) is 0 Å². The zero-order chi connectivity index (χ0) is 17.0. The Morgan fingerprint density at radius 1 is 1.04 bits per heavy atom. The quantitative estimate of drug-likeness (QED) is 0.672. The van der Waals surface area contributed by atoms with Crippen LogP contribution in [0.5, 0.6) is 11.5 Å². The van der Waals surface area contributed by atoms with Crippen LogP contribution >= 0.6 is 0 Å². The van der Waals surface area contributed by atoms with Gasteiger partial charge in [-0.1, -0.05) is 6.07 Å². The molecule has 0 spiro atoms. The van der Waals surface area contributed by atoms with Gasteiger partial charge in [0.15, 0.2) is 11.5 Å². The molecule has 1 aliphatic heterocycles. The fourth-order valence-corrected chi connectivity index (χ4v) is 3.91. The van der Waals surface area contributed by atoms with Crippen molar-refractivity contribution in [2.75, 3.05) is 6.79 Å². The van der Waals surface area contributed by atoms with Gasteiger partial charge in [-0.3, -0.25) is 9.36 Å². The third kappa shape index (κ3) is 2.15. The first kappa shape index (κ1) is 14.5. The van der Waals surface area contributed by atoms with Gasteiger partial charge in [0.2, 0.25) is 6.79 Å². The minimum atomic E-state index is -0.409. The fraction of sp³-hybridized carbons (Fsp3) is 0.250. The van der Waals surface area contributed by atoms with E-state index >= 15 is 0 Å². The first-order valence-corrected chi connectivity index (χ1v) is 8.48. The van der Waals surface area contributed by atoms with Crippen LogP contribution in [0.15, 0.2) is 36.4 Å². The highest BCUT2D eigenvalue weighted by Crippen LogP contribution is 2.41. The van der Waals surface area contributed by atoms with Gasteiger partial charge in [0, 0.05) is 22.7 Å². The lowest BCUT2D eigenvalue weighted by atomic mass is 9.95. The molecule has 0 bridgehead atoms. The van der Waals surface area contributed by atoms with Gasteiger partial charge < -0.3 is 9.47 Å². The topological polar surface area (TPSA) is 40.5 Å². The van der Waals surface area contributed by atoms with Crippen molar-refractivity contribution >= 4 is 16.8 Å². The molecule has 0 atom stereocenters. The van der Waals surface area contributed by atoms with E-state index in [1.807, 2.05) is 12.1 Å². The lowest BCUT2D eigenvalue weighted by Gasteiger charge is -2.15. The summed E-state index contributed by atoms with van der Waals surface area (Å²) >= 11 is 0. The Bertz CT molecular complexity index is 1020. The summed E-state index contributed by atoms with van der Waals surface area (Å²) in [5, 5.41) is 1.03. The Hall–Kier alpha value is -2.82. The lowest BCUT2D eigenvalue weighted by molar-refractivity contribution is 0.0961. The number of carbonyl (C=O) groups excluding carboxylic acids is 1. The van der Waals surface area contributed by atoms with E-state index in [1.165, 1.54) is 17.7 Å². The Morgan fingerprint density at radius 2 is 1.84 bits per heavy atom. The Balaban J connectivity index is 1.78. The standard InChI is InChI=1S/C20H16FNO3/c21-13-5-3-4-12(8-13)20(23)22-16-7-2-1-6-14(16)15-9-18-19(10-17(15)22)25-11-24-18/h3-5,8-10H,1-2,6-7,11H2. The molecule has 3 aromatic rings. The number of ether oxygens (including phenoxy) is 2. The largest absolute Gasteiger partial charge is 0.454 e. The highest BCUT2D eigenvalue weighted by Gasteiger charge is 2.27. The maximum absolute atomic E-state index is 13.6. The van der Waals surface area contributed by atoms with Gasteiger partial charge in [-0.05, 0) is 55.5 Å². The molecule has 2 aromatic carbocycles. The number of aryl methyl sites for hydroxylation is 1. The molecular formula is C20H16FNO3. The molecule has 0 radical (unpaired) electrons. The van der Waals surface area contributed by atoms with Crippen molar-refractivity contribution < 1.29 is 18.7 Å². The molecule has 1 aliphatic carbocycles. The third-order valence-electron chi connectivity index (χ3n) is 5.04. The van der Waals surface area contributed by atoms with E-state index in [-0.39, 0.29) is 12.7 Å². The Kier molecular flexibility index (Phi) is 3.10. The molecule has 0 saturated carbocycles. The number of carbonyl (C=O) groups is 1. The van der Waals surface area contributed by atoms with Crippen molar-refractivity contribution in [2.24, 2.45) is 0 Å². The number of hydrogen-bond donors (Lipinski definition) is 0. The molecule has 0 saturated heterocycles. The van der Waals surface area contributed by atoms with E-state index in [0.717, 1.165) is 48.0 Å². The van der Waals surface area contributed by atoms with Crippen molar-refractivity contribution in [3.63, 3.8) is 0 Å². The lowest BCUT2D eigenvalue weighted by Crippen LogP contribution is -2.17. The first-order valence-electron chi connectivity index (χ1n) is 8.48. The Morgan fingerprint density at radius 3 is 2.68 bits per heavy atom. The van der Waals surface area contributed by atoms with Crippen molar-refractivity contribution in [1.82, 2.24) is 4.57 Å². The van der Waals surface area contributed by atoms with Crippen LogP contribution in [0.4, 0.5) is 4.39 Å². The van der Waals surface area contributed by atoms with Gasteiger partial charge in [-0.25, -0.2) is 4.39 Å². The van der Waals surface area contributed by atoms with Gasteiger partial charge >= 0.3 is 0 Å². The first-order chi connectivity index (χ1) is 12.2. The molecule has 2 aliphatic rings. The predicted molar refractivity (Wildman–Crippen MR) is 90.8 cm³/mol. The van der Waals surface area contributed by atoms with E-state index < -0.39 is 5.82 Å². The second-order valence-corrected chi connectivity index (χ2v) is 6.51. The van der Waals surface area contributed by atoms with Gasteiger partial charge in [0.25, 0.3) is 5.91 Å². The number of aromatic nitrogens is 1. The van der Waals surface area contributed by atoms with Crippen molar-refractivity contribution in [2.45, 2.75) is 25.7 Å². The molecule has 0 fully saturated rings. The number of rotatable bonds is 1. The summed E-state index contributed by atoms with van der Waals surface area (Å²) in [5.74, 6) is 0.757. The monoisotopic (exact) mass is 337 g/mol. The molecule has 1 aromatic heterocycles. The van der Waals surface area contributed by atoms with Gasteiger partial charge in [0.1, 0.15) is 5.82 Å². The van der Waals surface area contributed by atoms with Crippen LogP contribution in [0.3, 0.4) is 0 Å². The molecular weight excluding hydrogens is 321 g/mol. The van der Waals surface area contributed by atoms with Crippen LogP contribution in [-0.4, -0.2) is 17.3 Å². The molecule has 0 unspecified atom stereocenters. The summed E-state index contributed by atoms with van der Waals surface area (Å²) in [4.78, 5) is 13.2. The van der Waals surface area contributed by atoms with Gasteiger partial charge in [0.05, 0.1) is 5.52 Å². The van der Waals surface area contributed by atoms with E-state index in [0.29, 0.717) is 11.3 Å². The van der Waals surface area contributed by atoms with Crippen LogP contribution in [0.1, 0.15) is 34.5 Å². The third-order valence-corrected chi connectivity index (χ3v) is 5.04. The second-order valence-electron chi connectivity index (χ2n) is 6.51. The predicted octanol–water partition coefficient (Wildman–Crippen LogP) is 4.08. The maximum atomic E-state index is 13.6. The Labute approximate surface area is 143 Å². The minimum absolute atomic E-state index is 0.196. The highest BCUT2D eigenvalue weighted by atomic mass is 19.1. The van der Waals surface area contributed by atoms with Crippen LogP contribution < -0.4 is 9.47 Å². The minimum Gasteiger partial charge on any atom is -0.454 e. The summed E-state index contributed by atoms with van der Waals surface area (Å²) in [6.45, 7) is 0.196. The van der Waals surface area contributed by atoms with Gasteiger partial charge in [-0.2, -0.15) is 0 Å². The van der Waals surface area contributed by atoms with Crippen molar-refractivity contribution in [3.8, 4) is 11.5 Å². The molecule has 0 N–H and O–H groups in total. The van der Waals surface area contributed by atoms with Crippen LogP contribution in [-0.2, 0) is 12.8 Å². The molecule has 2 heterocycles.